The van der Waals surface area contributed by atoms with Crippen molar-refractivity contribution in [3.05, 3.63) is 58.6 Å². The van der Waals surface area contributed by atoms with Crippen LogP contribution in [0.25, 0.3) is 0 Å². The van der Waals surface area contributed by atoms with Gasteiger partial charge in [0.15, 0.2) is 11.5 Å². The van der Waals surface area contributed by atoms with E-state index in [0.29, 0.717) is 35.1 Å². The Labute approximate surface area is 194 Å². The number of carbonyl (C=O) groups is 1. The Morgan fingerprint density at radius 3 is 2.42 bits per heavy atom. The number of benzene rings is 2. The van der Waals surface area contributed by atoms with Gasteiger partial charge in [-0.2, -0.15) is 0 Å². The lowest BCUT2D eigenvalue weighted by molar-refractivity contribution is -0.154. The molecule has 31 heavy (non-hydrogen) atoms. The first-order chi connectivity index (χ1) is 14.6. The number of carbonyl (C=O) groups excluding carboxylic acids is 1. The Balaban J connectivity index is 2.00. The average molecular weight is 464 g/mol. The zero-order valence-corrected chi connectivity index (χ0v) is 20.0. The highest BCUT2D eigenvalue weighted by Gasteiger charge is 2.24. The largest absolute Gasteiger partial charge is 0.504 e. The number of thiocarbonyl (C=S) groups is 1. The van der Waals surface area contributed by atoms with Crippen LogP contribution >= 0.6 is 23.8 Å². The van der Waals surface area contributed by atoms with Gasteiger partial charge in [0, 0.05) is 23.9 Å². The van der Waals surface area contributed by atoms with Gasteiger partial charge in [-0.15, -0.1) is 0 Å². The van der Waals surface area contributed by atoms with E-state index < -0.39 is 5.41 Å². The fourth-order valence-electron chi connectivity index (χ4n) is 2.92. The van der Waals surface area contributed by atoms with Gasteiger partial charge in [0.2, 0.25) is 0 Å². The van der Waals surface area contributed by atoms with Gasteiger partial charge in [-0.3, -0.25) is 4.79 Å². The zero-order valence-electron chi connectivity index (χ0n) is 18.4. The Hall–Kier alpha value is -2.31. The van der Waals surface area contributed by atoms with Gasteiger partial charge >= 0.3 is 5.97 Å². The minimum atomic E-state index is -0.554. The van der Waals surface area contributed by atoms with Crippen LogP contribution in [0.4, 0.5) is 0 Å². The molecular weight excluding hydrogens is 434 g/mol. The molecule has 0 aliphatic carbocycles. The van der Waals surface area contributed by atoms with E-state index in [2.05, 4.69) is 5.32 Å². The summed E-state index contributed by atoms with van der Waals surface area (Å²) >= 11 is 11.5. The number of aromatic hydroxyl groups is 1. The second-order valence-corrected chi connectivity index (χ2v) is 9.46. The van der Waals surface area contributed by atoms with Crippen molar-refractivity contribution in [1.82, 2.24) is 5.32 Å². The third-order valence-electron chi connectivity index (χ3n) is 4.71. The van der Waals surface area contributed by atoms with Gasteiger partial charge < -0.3 is 19.9 Å². The fourth-order valence-corrected chi connectivity index (χ4v) is 3.35. The van der Waals surface area contributed by atoms with Crippen molar-refractivity contribution in [3.63, 3.8) is 0 Å². The Morgan fingerprint density at radius 2 is 1.81 bits per heavy atom. The monoisotopic (exact) mass is 463 g/mol. The lowest BCUT2D eigenvalue weighted by Crippen LogP contribution is -2.29. The van der Waals surface area contributed by atoms with Crippen LogP contribution in [0.2, 0.25) is 5.02 Å². The van der Waals surface area contributed by atoms with E-state index in [0.717, 1.165) is 11.1 Å². The first kappa shape index (κ1) is 25.0. The van der Waals surface area contributed by atoms with E-state index in [4.69, 9.17) is 33.3 Å². The van der Waals surface area contributed by atoms with Crippen LogP contribution < -0.4 is 10.1 Å². The third-order valence-corrected chi connectivity index (χ3v) is 5.27. The molecule has 1 atom stereocenters. The molecule has 2 aromatic carbocycles. The molecule has 0 aromatic heterocycles. The quantitative estimate of drug-likeness (QED) is 0.388. The number of nitrogens with one attached hydrogen (secondary N) is 1. The van der Waals surface area contributed by atoms with Crippen molar-refractivity contribution < 1.29 is 19.4 Å². The van der Waals surface area contributed by atoms with Crippen LogP contribution in [-0.2, 0) is 22.5 Å². The molecular formula is C24H30ClNO4S. The van der Waals surface area contributed by atoms with Crippen molar-refractivity contribution in [2.24, 2.45) is 11.3 Å². The summed E-state index contributed by atoms with van der Waals surface area (Å²) in [6, 6.07) is 12.8. The Morgan fingerprint density at radius 1 is 1.16 bits per heavy atom. The van der Waals surface area contributed by atoms with Crippen molar-refractivity contribution in [2.75, 3.05) is 13.7 Å². The van der Waals surface area contributed by atoms with Crippen LogP contribution in [0, 0.1) is 11.3 Å². The van der Waals surface area contributed by atoms with Crippen LogP contribution in [0.3, 0.4) is 0 Å². The molecule has 0 aliphatic heterocycles. The normalized spacial score (nSPS) is 12.2. The second-order valence-electron chi connectivity index (χ2n) is 8.53. The maximum atomic E-state index is 12.2. The summed E-state index contributed by atoms with van der Waals surface area (Å²) in [4.78, 5) is 12.9. The van der Waals surface area contributed by atoms with E-state index in [-0.39, 0.29) is 24.2 Å². The zero-order chi connectivity index (χ0) is 23.0. The summed E-state index contributed by atoms with van der Waals surface area (Å²) in [7, 11) is 1.51. The number of esters is 1. The number of hydrogen-bond donors (Lipinski definition) is 2. The van der Waals surface area contributed by atoms with E-state index in [1.807, 2.05) is 51.1 Å². The highest BCUT2D eigenvalue weighted by atomic mass is 35.5. The van der Waals surface area contributed by atoms with E-state index >= 15 is 0 Å². The smallest absolute Gasteiger partial charge is 0.311 e. The first-order valence-electron chi connectivity index (χ1n) is 10.1. The van der Waals surface area contributed by atoms with Gasteiger partial charge in [-0.1, -0.05) is 42.0 Å². The van der Waals surface area contributed by atoms with Crippen molar-refractivity contribution >= 4 is 34.8 Å². The number of hydrogen-bond acceptors (Lipinski definition) is 5. The molecule has 0 bridgehead atoms. The van der Waals surface area contributed by atoms with Crippen LogP contribution in [0.1, 0.15) is 38.3 Å². The van der Waals surface area contributed by atoms with Crippen LogP contribution in [0.15, 0.2) is 42.5 Å². The molecule has 0 saturated carbocycles. The lowest BCUT2D eigenvalue weighted by atomic mass is 9.95. The number of phenols is 1. The minimum Gasteiger partial charge on any atom is -0.504 e. The first-order valence-corrected chi connectivity index (χ1v) is 10.9. The summed E-state index contributed by atoms with van der Waals surface area (Å²) in [6.07, 6.45) is 1.29. The molecule has 0 radical (unpaired) electrons. The SMILES string of the molecule is COc1cc(CNC(=S)CC(COC(=O)C(C)(C)C)Cc2ccc(Cl)cc2)ccc1O. The maximum Gasteiger partial charge on any atom is 0.311 e. The Bertz CT molecular complexity index is 893. The van der Waals surface area contributed by atoms with Crippen molar-refractivity contribution in [1.29, 1.82) is 0 Å². The molecule has 0 saturated heterocycles. The molecule has 1 unspecified atom stereocenters. The van der Waals surface area contributed by atoms with Crippen molar-refractivity contribution in [3.8, 4) is 11.5 Å². The molecule has 0 aliphatic rings. The van der Waals surface area contributed by atoms with Gasteiger partial charge in [-0.05, 0) is 62.6 Å². The number of rotatable bonds is 9. The fraction of sp³-hybridized carbons (Fsp3) is 0.417. The second kappa shape index (κ2) is 11.3. The molecule has 0 heterocycles. The topological polar surface area (TPSA) is 67.8 Å². The minimum absolute atomic E-state index is 0.0295. The van der Waals surface area contributed by atoms with E-state index in [9.17, 15) is 9.90 Å². The van der Waals surface area contributed by atoms with E-state index in [1.54, 1.807) is 12.1 Å². The van der Waals surface area contributed by atoms with Crippen molar-refractivity contribution in [2.45, 2.75) is 40.2 Å². The molecule has 2 rings (SSSR count). The van der Waals surface area contributed by atoms with E-state index in [1.165, 1.54) is 7.11 Å². The molecule has 0 spiro atoms. The summed E-state index contributed by atoms with van der Waals surface area (Å²) in [5.41, 5.74) is 1.49. The molecule has 7 heteroatoms. The molecule has 0 amide bonds. The summed E-state index contributed by atoms with van der Waals surface area (Å²) in [6.45, 7) is 6.30. The summed E-state index contributed by atoms with van der Waals surface area (Å²) < 4.78 is 10.7. The number of phenolic OH excluding ortho intramolecular Hbond substituents is 1. The number of methoxy groups -OCH3 is 1. The number of halogens is 1. The average Bonchev–Trinajstić information content (AvgIpc) is 2.72. The highest BCUT2D eigenvalue weighted by molar-refractivity contribution is 7.80. The lowest BCUT2D eigenvalue weighted by Gasteiger charge is -2.22. The molecule has 168 valence electrons. The third kappa shape index (κ3) is 8.38. The van der Waals surface area contributed by atoms with Gasteiger partial charge in [-0.25, -0.2) is 0 Å². The maximum absolute atomic E-state index is 12.2. The molecule has 2 N–H and O–H groups in total. The standard InChI is InChI=1S/C24H30ClNO4S/c1-24(2,3)23(28)30-15-18(11-16-5-8-19(25)9-6-16)13-22(31)26-14-17-7-10-20(27)21(12-17)29-4/h5-10,12,18,27H,11,13-15H2,1-4H3,(H,26,31). The highest BCUT2D eigenvalue weighted by Crippen LogP contribution is 2.26. The molecule has 5 nitrogen and oxygen atoms in total. The Kier molecular flexibility index (Phi) is 9.14. The van der Waals surface area contributed by atoms with Crippen LogP contribution in [0.5, 0.6) is 11.5 Å². The predicted octanol–water partition coefficient (Wildman–Crippen LogP) is 5.31. The molecule has 0 fully saturated rings. The van der Waals surface area contributed by atoms with Gasteiger partial charge in [0.25, 0.3) is 0 Å². The van der Waals surface area contributed by atoms with Gasteiger partial charge in [0.1, 0.15) is 0 Å². The predicted molar refractivity (Wildman–Crippen MR) is 128 cm³/mol. The van der Waals surface area contributed by atoms with Crippen LogP contribution in [-0.4, -0.2) is 29.8 Å². The van der Waals surface area contributed by atoms with Gasteiger partial charge in [0.05, 0.1) is 24.1 Å². The summed E-state index contributed by atoms with van der Waals surface area (Å²) in [5, 5.41) is 13.7. The number of ether oxygens (including phenoxy) is 2. The summed E-state index contributed by atoms with van der Waals surface area (Å²) in [5.74, 6) is 0.308. The molecule has 2 aromatic rings.